The summed E-state index contributed by atoms with van der Waals surface area (Å²) >= 11 is 11.9. The number of halogens is 2. The maximum Gasteiger partial charge on any atom is 0.354 e. The SMILES string of the molecule is Cc1cc2c(Cl)cc(C(=O)O)nc2cc1Cl. The number of hydrogen-bond donors (Lipinski definition) is 1. The van der Waals surface area contributed by atoms with Crippen LogP contribution >= 0.6 is 23.2 Å². The second-order valence-corrected chi connectivity index (χ2v) is 4.23. The summed E-state index contributed by atoms with van der Waals surface area (Å²) in [6.45, 7) is 1.85. The lowest BCUT2D eigenvalue weighted by atomic mass is 10.1. The topological polar surface area (TPSA) is 50.2 Å². The number of pyridine rings is 1. The van der Waals surface area contributed by atoms with E-state index in [0.717, 1.165) is 5.56 Å². The lowest BCUT2D eigenvalue weighted by Crippen LogP contribution is -2.00. The van der Waals surface area contributed by atoms with Crippen molar-refractivity contribution in [2.45, 2.75) is 6.92 Å². The third-order valence-electron chi connectivity index (χ3n) is 2.26. The maximum atomic E-state index is 10.8. The van der Waals surface area contributed by atoms with E-state index in [0.29, 0.717) is 20.9 Å². The van der Waals surface area contributed by atoms with Gasteiger partial charge in [0.1, 0.15) is 5.69 Å². The molecule has 82 valence electrons. The van der Waals surface area contributed by atoms with Crippen LogP contribution in [0.5, 0.6) is 0 Å². The summed E-state index contributed by atoms with van der Waals surface area (Å²) in [5, 5.41) is 10.4. The van der Waals surface area contributed by atoms with E-state index >= 15 is 0 Å². The highest BCUT2D eigenvalue weighted by molar-refractivity contribution is 6.36. The Hall–Kier alpha value is -1.32. The zero-order valence-corrected chi connectivity index (χ0v) is 9.80. The van der Waals surface area contributed by atoms with Gasteiger partial charge in [-0.25, -0.2) is 9.78 Å². The molecule has 0 aliphatic carbocycles. The average Bonchev–Trinajstić information content (AvgIpc) is 2.20. The van der Waals surface area contributed by atoms with Crippen LogP contribution in [0, 0.1) is 6.92 Å². The van der Waals surface area contributed by atoms with E-state index in [1.807, 2.05) is 6.92 Å². The third-order valence-corrected chi connectivity index (χ3v) is 2.98. The van der Waals surface area contributed by atoms with E-state index in [1.165, 1.54) is 6.07 Å². The molecule has 2 rings (SSSR count). The predicted octanol–water partition coefficient (Wildman–Crippen LogP) is 3.55. The number of rotatable bonds is 1. The molecule has 1 aromatic heterocycles. The second-order valence-electron chi connectivity index (χ2n) is 3.41. The Labute approximate surface area is 102 Å². The van der Waals surface area contributed by atoms with Gasteiger partial charge < -0.3 is 5.11 Å². The van der Waals surface area contributed by atoms with Crippen LogP contribution in [0.3, 0.4) is 0 Å². The standard InChI is InChI=1S/C11H7Cl2NO2/c1-5-2-6-8(13)4-10(11(15)16)14-9(6)3-7(5)12/h2-4H,1H3,(H,15,16). The summed E-state index contributed by atoms with van der Waals surface area (Å²) in [4.78, 5) is 14.8. The number of carboxylic acids is 1. The Balaban J connectivity index is 2.82. The molecular weight excluding hydrogens is 249 g/mol. The number of aromatic carboxylic acids is 1. The molecule has 0 amide bonds. The summed E-state index contributed by atoms with van der Waals surface area (Å²) in [6.07, 6.45) is 0. The van der Waals surface area contributed by atoms with E-state index in [1.54, 1.807) is 12.1 Å². The highest BCUT2D eigenvalue weighted by Crippen LogP contribution is 2.28. The molecule has 1 N–H and O–H groups in total. The van der Waals surface area contributed by atoms with Gasteiger partial charge in [-0.1, -0.05) is 23.2 Å². The van der Waals surface area contributed by atoms with E-state index in [9.17, 15) is 4.79 Å². The van der Waals surface area contributed by atoms with Crippen molar-refractivity contribution in [1.29, 1.82) is 0 Å². The monoisotopic (exact) mass is 255 g/mol. The van der Waals surface area contributed by atoms with E-state index in [2.05, 4.69) is 4.98 Å². The van der Waals surface area contributed by atoms with Crippen LogP contribution in [0.25, 0.3) is 10.9 Å². The third kappa shape index (κ3) is 1.84. The molecule has 0 saturated carbocycles. The lowest BCUT2D eigenvalue weighted by Gasteiger charge is -2.05. The first-order chi connectivity index (χ1) is 7.49. The molecule has 5 heteroatoms. The van der Waals surface area contributed by atoms with Crippen LogP contribution in [0.1, 0.15) is 16.1 Å². The number of benzene rings is 1. The second kappa shape index (κ2) is 3.92. The van der Waals surface area contributed by atoms with E-state index < -0.39 is 5.97 Å². The van der Waals surface area contributed by atoms with Crippen molar-refractivity contribution in [3.8, 4) is 0 Å². The number of aryl methyl sites for hydroxylation is 1. The van der Waals surface area contributed by atoms with Crippen molar-refractivity contribution in [3.63, 3.8) is 0 Å². The molecule has 0 radical (unpaired) electrons. The van der Waals surface area contributed by atoms with Crippen molar-refractivity contribution in [1.82, 2.24) is 4.98 Å². The van der Waals surface area contributed by atoms with Crippen molar-refractivity contribution < 1.29 is 9.90 Å². The van der Waals surface area contributed by atoms with Gasteiger partial charge in [0.05, 0.1) is 10.5 Å². The summed E-state index contributed by atoms with van der Waals surface area (Å²) in [5.41, 5.74) is 1.28. The molecule has 0 spiro atoms. The molecular formula is C11H7Cl2NO2. The average molecular weight is 256 g/mol. The Kier molecular flexibility index (Phi) is 2.74. The van der Waals surface area contributed by atoms with Crippen LogP contribution in [-0.4, -0.2) is 16.1 Å². The Morgan fingerprint density at radius 1 is 1.25 bits per heavy atom. The zero-order valence-electron chi connectivity index (χ0n) is 8.29. The highest BCUT2D eigenvalue weighted by Gasteiger charge is 2.10. The van der Waals surface area contributed by atoms with E-state index in [-0.39, 0.29) is 5.69 Å². The molecule has 1 heterocycles. The molecule has 0 unspecified atom stereocenters. The number of fused-ring (bicyclic) bond motifs is 1. The van der Waals surface area contributed by atoms with Gasteiger partial charge in [-0.3, -0.25) is 0 Å². The molecule has 0 atom stereocenters. The fraction of sp³-hybridized carbons (Fsp3) is 0.0909. The smallest absolute Gasteiger partial charge is 0.354 e. The summed E-state index contributed by atoms with van der Waals surface area (Å²) in [6, 6.07) is 4.74. The molecule has 2 aromatic rings. The van der Waals surface area contributed by atoms with Gasteiger partial charge in [0, 0.05) is 10.4 Å². The van der Waals surface area contributed by atoms with Gasteiger partial charge in [0.15, 0.2) is 0 Å². The molecule has 0 fully saturated rings. The minimum absolute atomic E-state index is 0.0857. The van der Waals surface area contributed by atoms with Gasteiger partial charge in [0.2, 0.25) is 0 Å². The first-order valence-electron chi connectivity index (χ1n) is 4.48. The molecule has 1 aromatic carbocycles. The van der Waals surface area contributed by atoms with Gasteiger partial charge in [0.25, 0.3) is 0 Å². The zero-order chi connectivity index (χ0) is 11.9. The number of nitrogens with zero attached hydrogens (tertiary/aromatic N) is 1. The molecule has 16 heavy (non-hydrogen) atoms. The molecule has 0 saturated heterocycles. The van der Waals surface area contributed by atoms with E-state index in [4.69, 9.17) is 28.3 Å². The first-order valence-corrected chi connectivity index (χ1v) is 5.24. The fourth-order valence-electron chi connectivity index (χ4n) is 1.42. The summed E-state index contributed by atoms with van der Waals surface area (Å²) in [5.74, 6) is -1.11. The van der Waals surface area contributed by atoms with Crippen molar-refractivity contribution in [3.05, 3.63) is 39.5 Å². The fourth-order valence-corrected chi connectivity index (χ4v) is 1.84. The Morgan fingerprint density at radius 2 is 1.94 bits per heavy atom. The van der Waals surface area contributed by atoms with Crippen molar-refractivity contribution in [2.24, 2.45) is 0 Å². The lowest BCUT2D eigenvalue weighted by molar-refractivity contribution is 0.0691. The predicted molar refractivity (Wildman–Crippen MR) is 63.5 cm³/mol. The summed E-state index contributed by atoms with van der Waals surface area (Å²) < 4.78 is 0. The minimum atomic E-state index is -1.11. The van der Waals surface area contributed by atoms with Crippen LogP contribution < -0.4 is 0 Å². The molecule has 0 aliphatic rings. The molecule has 0 bridgehead atoms. The van der Waals surface area contributed by atoms with Crippen LogP contribution in [0.15, 0.2) is 18.2 Å². The Morgan fingerprint density at radius 3 is 2.56 bits per heavy atom. The van der Waals surface area contributed by atoms with Gasteiger partial charge in [-0.2, -0.15) is 0 Å². The molecule has 0 aliphatic heterocycles. The van der Waals surface area contributed by atoms with Crippen LogP contribution in [0.2, 0.25) is 10.0 Å². The maximum absolute atomic E-state index is 10.8. The number of carbonyl (C=O) groups is 1. The van der Waals surface area contributed by atoms with Crippen molar-refractivity contribution in [2.75, 3.05) is 0 Å². The van der Waals surface area contributed by atoms with Gasteiger partial charge in [-0.15, -0.1) is 0 Å². The number of carboxylic acid groups (broad SMARTS) is 1. The first kappa shape index (κ1) is 11.2. The number of hydrogen-bond acceptors (Lipinski definition) is 2. The molecule has 3 nitrogen and oxygen atoms in total. The van der Waals surface area contributed by atoms with Crippen LogP contribution in [0.4, 0.5) is 0 Å². The minimum Gasteiger partial charge on any atom is -0.477 e. The quantitative estimate of drug-likeness (QED) is 0.848. The van der Waals surface area contributed by atoms with Crippen molar-refractivity contribution >= 4 is 40.1 Å². The summed E-state index contributed by atoms with van der Waals surface area (Å²) in [7, 11) is 0. The largest absolute Gasteiger partial charge is 0.477 e. The van der Waals surface area contributed by atoms with Gasteiger partial charge in [-0.05, 0) is 30.7 Å². The van der Waals surface area contributed by atoms with Crippen LogP contribution in [-0.2, 0) is 0 Å². The number of aromatic nitrogens is 1. The highest BCUT2D eigenvalue weighted by atomic mass is 35.5. The Bertz CT molecular complexity index is 596. The van der Waals surface area contributed by atoms with Gasteiger partial charge >= 0.3 is 5.97 Å². The normalized spacial score (nSPS) is 10.7.